The molecule has 0 fully saturated rings. The highest BCUT2D eigenvalue weighted by Gasteiger charge is 2.15. The Morgan fingerprint density at radius 1 is 1.19 bits per heavy atom. The average molecular weight is 287 g/mol. The van der Waals surface area contributed by atoms with Gasteiger partial charge in [0.05, 0.1) is 5.69 Å². The third-order valence-corrected chi connectivity index (χ3v) is 3.16. The van der Waals surface area contributed by atoms with Crippen LogP contribution in [0, 0.1) is 5.82 Å². The summed E-state index contributed by atoms with van der Waals surface area (Å²) in [7, 11) is 0. The maximum Gasteiger partial charge on any atom is 0.326 e. The number of nitrogens with zero attached hydrogens (tertiary/aromatic N) is 1. The zero-order chi connectivity index (χ0) is 15.2. The van der Waals surface area contributed by atoms with Crippen molar-refractivity contribution in [3.05, 3.63) is 59.9 Å². The Morgan fingerprint density at radius 3 is 2.43 bits per heavy atom. The van der Waals surface area contributed by atoms with Crippen LogP contribution in [0.3, 0.4) is 0 Å². The summed E-state index contributed by atoms with van der Waals surface area (Å²) < 4.78 is 13.6. The maximum atomic E-state index is 13.6. The molecule has 2 aromatic rings. The van der Waals surface area contributed by atoms with Crippen LogP contribution in [0.25, 0.3) is 0 Å². The summed E-state index contributed by atoms with van der Waals surface area (Å²) in [6.45, 7) is 2.79. The molecule has 4 nitrogen and oxygen atoms in total. The maximum absolute atomic E-state index is 13.6. The molecule has 2 rings (SSSR count). The minimum absolute atomic E-state index is 0.166. The number of hydrogen-bond donors (Lipinski definition) is 2. The molecule has 110 valence electrons. The van der Waals surface area contributed by atoms with Crippen molar-refractivity contribution in [3.63, 3.8) is 0 Å². The van der Waals surface area contributed by atoms with Crippen LogP contribution in [0.5, 0.6) is 0 Å². The van der Waals surface area contributed by atoms with Gasteiger partial charge in [0.2, 0.25) is 0 Å². The van der Waals surface area contributed by atoms with E-state index < -0.39 is 5.82 Å². The molecule has 0 radical (unpaired) electrons. The number of urea groups is 1. The van der Waals surface area contributed by atoms with Crippen molar-refractivity contribution in [3.8, 4) is 0 Å². The molecule has 0 spiro atoms. The lowest BCUT2D eigenvalue weighted by Gasteiger charge is -2.22. The highest BCUT2D eigenvalue weighted by Crippen LogP contribution is 2.18. The second-order valence-electron chi connectivity index (χ2n) is 4.52. The third kappa shape index (κ3) is 3.58. The molecule has 0 saturated heterocycles. The van der Waals surface area contributed by atoms with Gasteiger partial charge in [-0.25, -0.2) is 9.18 Å². The molecule has 3 N–H and O–H groups in total. The third-order valence-electron chi connectivity index (χ3n) is 3.16. The summed E-state index contributed by atoms with van der Waals surface area (Å²) in [6, 6.07) is 13.1. The largest absolute Gasteiger partial charge is 0.326 e. The van der Waals surface area contributed by atoms with Gasteiger partial charge in [-0.2, -0.15) is 0 Å². The number of carbonyl (C=O) groups is 1. The molecule has 0 aliphatic heterocycles. The van der Waals surface area contributed by atoms with Gasteiger partial charge < -0.3 is 11.1 Å². The lowest BCUT2D eigenvalue weighted by Crippen LogP contribution is -2.35. The van der Waals surface area contributed by atoms with Crippen LogP contribution in [0.4, 0.5) is 20.6 Å². The van der Waals surface area contributed by atoms with E-state index in [9.17, 15) is 9.18 Å². The lowest BCUT2D eigenvalue weighted by atomic mass is 10.2. The topological polar surface area (TPSA) is 58.4 Å². The standard InChI is InChI=1S/C16H18FN3O/c1-2-20(13-9-7-12(11-18)8-10-13)16(21)19-15-6-4-3-5-14(15)17/h3-10H,2,11,18H2,1H3,(H,19,21). The first-order valence-corrected chi connectivity index (χ1v) is 6.77. The fourth-order valence-electron chi connectivity index (χ4n) is 2.00. The molecule has 5 heteroatoms. The molecule has 0 aliphatic carbocycles. The highest BCUT2D eigenvalue weighted by atomic mass is 19.1. The first kappa shape index (κ1) is 15.0. The van der Waals surface area contributed by atoms with E-state index in [1.54, 1.807) is 12.1 Å². The number of benzene rings is 2. The van der Waals surface area contributed by atoms with Crippen LogP contribution in [-0.2, 0) is 6.54 Å². The zero-order valence-electron chi connectivity index (χ0n) is 11.8. The van der Waals surface area contributed by atoms with E-state index in [1.165, 1.54) is 17.0 Å². The monoisotopic (exact) mass is 287 g/mol. The van der Waals surface area contributed by atoms with Gasteiger partial charge in [0.1, 0.15) is 5.82 Å². The predicted octanol–water partition coefficient (Wildman–Crippen LogP) is 3.34. The Labute approximate surface area is 123 Å². The molecule has 0 bridgehead atoms. The predicted molar refractivity (Wildman–Crippen MR) is 82.8 cm³/mol. The Morgan fingerprint density at radius 2 is 1.86 bits per heavy atom. The van der Waals surface area contributed by atoms with Crippen LogP contribution < -0.4 is 16.0 Å². The van der Waals surface area contributed by atoms with E-state index in [0.717, 1.165) is 11.3 Å². The number of carbonyl (C=O) groups excluding carboxylic acids is 1. The molecule has 0 heterocycles. The number of anilines is 2. The molecule has 0 atom stereocenters. The van der Waals surface area contributed by atoms with Crippen molar-refractivity contribution < 1.29 is 9.18 Å². The molecule has 2 aromatic carbocycles. The molecule has 0 unspecified atom stereocenters. The molecular formula is C16H18FN3O. The van der Waals surface area contributed by atoms with E-state index in [4.69, 9.17) is 5.73 Å². The molecule has 0 aliphatic rings. The Balaban J connectivity index is 2.16. The van der Waals surface area contributed by atoms with Crippen LogP contribution in [-0.4, -0.2) is 12.6 Å². The second-order valence-corrected chi connectivity index (χ2v) is 4.52. The normalized spacial score (nSPS) is 10.2. The Hall–Kier alpha value is -2.40. The van der Waals surface area contributed by atoms with Crippen LogP contribution in [0.1, 0.15) is 12.5 Å². The van der Waals surface area contributed by atoms with Gasteiger partial charge >= 0.3 is 6.03 Å². The van der Waals surface area contributed by atoms with Gasteiger partial charge in [-0.1, -0.05) is 24.3 Å². The molecule has 0 aromatic heterocycles. The Kier molecular flexibility index (Phi) is 4.90. The lowest BCUT2D eigenvalue weighted by molar-refractivity contribution is 0.257. The summed E-state index contributed by atoms with van der Waals surface area (Å²) >= 11 is 0. The fourth-order valence-corrected chi connectivity index (χ4v) is 2.00. The van der Waals surface area contributed by atoms with E-state index in [-0.39, 0.29) is 11.7 Å². The number of hydrogen-bond acceptors (Lipinski definition) is 2. The molecule has 0 saturated carbocycles. The zero-order valence-corrected chi connectivity index (χ0v) is 11.8. The molecule has 2 amide bonds. The number of para-hydroxylation sites is 1. The van der Waals surface area contributed by atoms with Gasteiger partial charge in [-0.3, -0.25) is 4.90 Å². The highest BCUT2D eigenvalue weighted by molar-refractivity contribution is 6.01. The van der Waals surface area contributed by atoms with Gasteiger partial charge in [-0.05, 0) is 36.8 Å². The summed E-state index contributed by atoms with van der Waals surface area (Å²) in [5, 5.41) is 2.58. The summed E-state index contributed by atoms with van der Waals surface area (Å²) in [4.78, 5) is 13.8. The van der Waals surface area contributed by atoms with Crippen LogP contribution >= 0.6 is 0 Å². The van der Waals surface area contributed by atoms with Gasteiger partial charge in [0, 0.05) is 18.8 Å². The summed E-state index contributed by atoms with van der Waals surface area (Å²) in [5.74, 6) is -0.458. The van der Waals surface area contributed by atoms with Crippen LogP contribution in [0.2, 0.25) is 0 Å². The van der Waals surface area contributed by atoms with Crippen molar-refractivity contribution in [1.29, 1.82) is 0 Å². The van der Waals surface area contributed by atoms with Crippen LogP contribution in [0.15, 0.2) is 48.5 Å². The SMILES string of the molecule is CCN(C(=O)Nc1ccccc1F)c1ccc(CN)cc1. The number of halogens is 1. The first-order chi connectivity index (χ1) is 10.2. The smallest absolute Gasteiger partial charge is 0.326 e. The Bertz CT molecular complexity index is 613. The van der Waals surface area contributed by atoms with Gasteiger partial charge in [0.25, 0.3) is 0 Å². The first-order valence-electron chi connectivity index (χ1n) is 6.77. The number of nitrogens with two attached hydrogens (primary N) is 1. The molecule has 21 heavy (non-hydrogen) atoms. The van der Waals surface area contributed by atoms with Crippen molar-refractivity contribution in [2.75, 3.05) is 16.8 Å². The van der Waals surface area contributed by atoms with E-state index in [1.807, 2.05) is 31.2 Å². The quantitative estimate of drug-likeness (QED) is 0.906. The minimum atomic E-state index is -0.458. The van der Waals surface area contributed by atoms with E-state index in [0.29, 0.717) is 13.1 Å². The van der Waals surface area contributed by atoms with Gasteiger partial charge in [-0.15, -0.1) is 0 Å². The van der Waals surface area contributed by atoms with Gasteiger partial charge in [0.15, 0.2) is 0 Å². The number of amides is 2. The van der Waals surface area contributed by atoms with E-state index >= 15 is 0 Å². The van der Waals surface area contributed by atoms with Crippen molar-refractivity contribution >= 4 is 17.4 Å². The number of rotatable bonds is 4. The van der Waals surface area contributed by atoms with Crippen molar-refractivity contribution in [1.82, 2.24) is 0 Å². The number of nitrogens with one attached hydrogen (secondary N) is 1. The van der Waals surface area contributed by atoms with Crippen molar-refractivity contribution in [2.45, 2.75) is 13.5 Å². The van der Waals surface area contributed by atoms with E-state index in [2.05, 4.69) is 5.32 Å². The average Bonchev–Trinajstić information content (AvgIpc) is 2.51. The summed E-state index contributed by atoms with van der Waals surface area (Å²) in [6.07, 6.45) is 0. The molecular weight excluding hydrogens is 269 g/mol. The van der Waals surface area contributed by atoms with Crippen molar-refractivity contribution in [2.24, 2.45) is 5.73 Å². The second kappa shape index (κ2) is 6.85. The summed E-state index contributed by atoms with van der Waals surface area (Å²) in [5.41, 5.74) is 7.45. The fraction of sp³-hybridized carbons (Fsp3) is 0.188. The minimum Gasteiger partial charge on any atom is -0.326 e.